The summed E-state index contributed by atoms with van der Waals surface area (Å²) in [6.45, 7) is 0. The summed E-state index contributed by atoms with van der Waals surface area (Å²) in [7, 11) is 0. The number of halogens is 1. The van der Waals surface area contributed by atoms with E-state index in [4.69, 9.17) is 5.11 Å². The van der Waals surface area contributed by atoms with Crippen LogP contribution >= 0.6 is 15.9 Å². The maximum atomic E-state index is 10.6. The number of carbonyl (C=O) groups is 1. The van der Waals surface area contributed by atoms with Gasteiger partial charge in [-0.2, -0.15) is 0 Å². The quantitative estimate of drug-likeness (QED) is 0.853. The summed E-state index contributed by atoms with van der Waals surface area (Å²) in [6, 6.07) is 0. The fraction of sp³-hybridized carbons (Fsp3) is 0.375. The van der Waals surface area contributed by atoms with Crippen LogP contribution in [0, 0.1) is 5.92 Å². The van der Waals surface area contributed by atoms with Gasteiger partial charge in [-0.15, -0.1) is 0 Å². The first-order chi connectivity index (χ1) is 6.18. The van der Waals surface area contributed by atoms with Crippen molar-refractivity contribution in [1.82, 2.24) is 9.97 Å². The highest BCUT2D eigenvalue weighted by Crippen LogP contribution is 2.46. The molecular formula is C8H7BrN2O2. The lowest BCUT2D eigenvalue weighted by Gasteiger charge is -1.95. The highest BCUT2D eigenvalue weighted by atomic mass is 79.9. The van der Waals surface area contributed by atoms with Crippen molar-refractivity contribution in [2.75, 3.05) is 0 Å². The van der Waals surface area contributed by atoms with Crippen molar-refractivity contribution >= 4 is 21.9 Å². The molecular weight excluding hydrogens is 236 g/mol. The standard InChI is InChI=1S/C8H7BrN2O2/c9-7-3-10-6(2-11-7)4-1-5(4)8(12)13/h2-5H,1H2,(H,12,13)/t4-,5-/m1/s1. The minimum Gasteiger partial charge on any atom is -0.481 e. The highest BCUT2D eigenvalue weighted by Gasteiger charge is 2.45. The molecule has 1 fully saturated rings. The Morgan fingerprint density at radius 1 is 1.54 bits per heavy atom. The van der Waals surface area contributed by atoms with Crippen LogP contribution in [-0.2, 0) is 4.79 Å². The highest BCUT2D eigenvalue weighted by molar-refractivity contribution is 9.10. The number of rotatable bonds is 2. The van der Waals surface area contributed by atoms with Gasteiger partial charge < -0.3 is 5.11 Å². The van der Waals surface area contributed by atoms with E-state index < -0.39 is 5.97 Å². The van der Waals surface area contributed by atoms with Crippen LogP contribution in [0.3, 0.4) is 0 Å². The van der Waals surface area contributed by atoms with Gasteiger partial charge in [0.2, 0.25) is 0 Å². The Kier molecular flexibility index (Phi) is 2.03. The SMILES string of the molecule is O=C(O)[C@@H]1C[C@H]1c1cnc(Br)cn1. The summed E-state index contributed by atoms with van der Waals surface area (Å²) in [6.07, 6.45) is 3.90. The molecule has 0 aromatic carbocycles. The van der Waals surface area contributed by atoms with E-state index in [-0.39, 0.29) is 11.8 Å². The van der Waals surface area contributed by atoms with E-state index in [1.54, 1.807) is 12.4 Å². The van der Waals surface area contributed by atoms with Crippen molar-refractivity contribution in [3.63, 3.8) is 0 Å². The van der Waals surface area contributed by atoms with Crippen LogP contribution in [0.15, 0.2) is 17.0 Å². The molecule has 0 radical (unpaired) electrons. The first-order valence-electron chi connectivity index (χ1n) is 3.88. The van der Waals surface area contributed by atoms with Crippen LogP contribution in [0.1, 0.15) is 18.0 Å². The Hall–Kier alpha value is -0.970. The number of carboxylic acids is 1. The molecule has 1 heterocycles. The minimum absolute atomic E-state index is 0.0677. The van der Waals surface area contributed by atoms with Gasteiger partial charge in [0.05, 0.1) is 24.0 Å². The van der Waals surface area contributed by atoms with Gasteiger partial charge in [-0.1, -0.05) is 0 Å². The van der Waals surface area contributed by atoms with Crippen molar-refractivity contribution in [1.29, 1.82) is 0 Å². The summed E-state index contributed by atoms with van der Waals surface area (Å²) in [4.78, 5) is 18.7. The molecule has 2 rings (SSSR count). The summed E-state index contributed by atoms with van der Waals surface area (Å²) in [5, 5.41) is 8.68. The molecule has 13 heavy (non-hydrogen) atoms. The van der Waals surface area contributed by atoms with Gasteiger partial charge >= 0.3 is 5.97 Å². The van der Waals surface area contributed by atoms with E-state index in [0.717, 1.165) is 5.69 Å². The van der Waals surface area contributed by atoms with Crippen molar-refractivity contribution in [3.05, 3.63) is 22.7 Å². The van der Waals surface area contributed by atoms with Crippen LogP contribution in [0.25, 0.3) is 0 Å². The average Bonchev–Trinajstić information content (AvgIpc) is 2.85. The van der Waals surface area contributed by atoms with Crippen LogP contribution in [-0.4, -0.2) is 21.0 Å². The van der Waals surface area contributed by atoms with Gasteiger partial charge in [-0.3, -0.25) is 9.78 Å². The molecule has 0 amide bonds. The zero-order valence-corrected chi connectivity index (χ0v) is 8.23. The van der Waals surface area contributed by atoms with E-state index >= 15 is 0 Å². The Morgan fingerprint density at radius 3 is 2.77 bits per heavy atom. The predicted octanol–water partition coefficient (Wildman–Crippen LogP) is 1.43. The molecule has 1 aromatic heterocycles. The van der Waals surface area contributed by atoms with Gasteiger partial charge in [-0.05, 0) is 22.4 Å². The molecule has 4 nitrogen and oxygen atoms in total. The summed E-state index contributed by atoms with van der Waals surface area (Å²) in [5.74, 6) is -0.928. The average molecular weight is 243 g/mol. The largest absolute Gasteiger partial charge is 0.481 e. The van der Waals surface area contributed by atoms with Crippen molar-refractivity contribution in [2.45, 2.75) is 12.3 Å². The Morgan fingerprint density at radius 2 is 2.31 bits per heavy atom. The number of aliphatic carboxylic acids is 1. The Bertz CT molecular complexity index is 339. The van der Waals surface area contributed by atoms with Gasteiger partial charge in [0.15, 0.2) is 0 Å². The third-order valence-corrected chi connectivity index (χ3v) is 2.54. The molecule has 5 heteroatoms. The minimum atomic E-state index is -0.741. The molecule has 0 aliphatic heterocycles. The molecule has 1 aliphatic rings. The van der Waals surface area contributed by atoms with Crippen LogP contribution in [0.5, 0.6) is 0 Å². The van der Waals surface area contributed by atoms with Gasteiger partial charge in [0.25, 0.3) is 0 Å². The third-order valence-electron chi connectivity index (χ3n) is 2.13. The molecule has 1 N–H and O–H groups in total. The summed E-state index contributed by atoms with van der Waals surface area (Å²) in [5.41, 5.74) is 0.774. The molecule has 0 unspecified atom stereocenters. The topological polar surface area (TPSA) is 63.1 Å². The fourth-order valence-electron chi connectivity index (χ4n) is 1.31. The van der Waals surface area contributed by atoms with Gasteiger partial charge in [-0.25, -0.2) is 4.98 Å². The van der Waals surface area contributed by atoms with Crippen LogP contribution in [0.4, 0.5) is 0 Å². The fourth-order valence-corrected chi connectivity index (χ4v) is 1.51. The van der Waals surface area contributed by atoms with E-state index in [1.807, 2.05) is 0 Å². The summed E-state index contributed by atoms with van der Waals surface area (Å²) < 4.78 is 0.670. The monoisotopic (exact) mass is 242 g/mol. The van der Waals surface area contributed by atoms with E-state index in [0.29, 0.717) is 11.0 Å². The molecule has 68 valence electrons. The zero-order chi connectivity index (χ0) is 9.42. The first-order valence-corrected chi connectivity index (χ1v) is 4.68. The first kappa shape index (κ1) is 8.62. The van der Waals surface area contributed by atoms with Crippen LogP contribution in [0.2, 0.25) is 0 Å². The number of carboxylic acid groups (broad SMARTS) is 1. The smallest absolute Gasteiger partial charge is 0.307 e. The van der Waals surface area contributed by atoms with Gasteiger partial charge in [0.1, 0.15) is 4.60 Å². The lowest BCUT2D eigenvalue weighted by atomic mass is 10.2. The van der Waals surface area contributed by atoms with Crippen molar-refractivity contribution in [2.24, 2.45) is 5.92 Å². The zero-order valence-electron chi connectivity index (χ0n) is 6.64. The van der Waals surface area contributed by atoms with E-state index in [2.05, 4.69) is 25.9 Å². The number of nitrogens with zero attached hydrogens (tertiary/aromatic N) is 2. The number of aromatic nitrogens is 2. The van der Waals surface area contributed by atoms with Gasteiger partial charge in [0, 0.05) is 5.92 Å². The second-order valence-electron chi connectivity index (χ2n) is 3.05. The second kappa shape index (κ2) is 3.06. The third kappa shape index (κ3) is 1.70. The van der Waals surface area contributed by atoms with Crippen LogP contribution < -0.4 is 0 Å². The molecule has 0 saturated heterocycles. The van der Waals surface area contributed by atoms with E-state index in [9.17, 15) is 4.79 Å². The maximum Gasteiger partial charge on any atom is 0.307 e. The summed E-state index contributed by atoms with van der Waals surface area (Å²) >= 11 is 3.17. The molecule has 1 saturated carbocycles. The Balaban J connectivity index is 2.12. The lowest BCUT2D eigenvalue weighted by molar-refractivity contribution is -0.138. The van der Waals surface area contributed by atoms with E-state index in [1.165, 1.54) is 0 Å². The lowest BCUT2D eigenvalue weighted by Crippen LogP contribution is -2.00. The van der Waals surface area contributed by atoms with Crippen molar-refractivity contribution in [3.8, 4) is 0 Å². The molecule has 1 aromatic rings. The second-order valence-corrected chi connectivity index (χ2v) is 3.86. The molecule has 0 spiro atoms. The van der Waals surface area contributed by atoms with Crippen molar-refractivity contribution < 1.29 is 9.90 Å². The molecule has 1 aliphatic carbocycles. The number of hydrogen-bond acceptors (Lipinski definition) is 3. The molecule has 0 bridgehead atoms. The molecule has 2 atom stereocenters. The number of hydrogen-bond donors (Lipinski definition) is 1. The maximum absolute atomic E-state index is 10.6. The Labute approximate surface area is 83.1 Å². The normalized spacial score (nSPS) is 25.6. The predicted molar refractivity (Wildman–Crippen MR) is 48.2 cm³/mol.